The summed E-state index contributed by atoms with van der Waals surface area (Å²) < 4.78 is 0. The summed E-state index contributed by atoms with van der Waals surface area (Å²) in [6, 6.07) is 26.0. The second kappa shape index (κ2) is 15.5. The highest BCUT2D eigenvalue weighted by atomic mass is 35.5. The van der Waals surface area contributed by atoms with E-state index in [1.807, 2.05) is 53.4 Å². The molecule has 5 nitrogen and oxygen atoms in total. The van der Waals surface area contributed by atoms with Crippen LogP contribution >= 0.6 is 35.6 Å². The third-order valence-corrected chi connectivity index (χ3v) is 10.2. The van der Waals surface area contributed by atoms with Crippen molar-refractivity contribution in [3.63, 3.8) is 0 Å². The summed E-state index contributed by atoms with van der Waals surface area (Å²) in [6.07, 6.45) is 6.55. The van der Waals surface area contributed by atoms with Crippen molar-refractivity contribution >= 4 is 47.3 Å². The van der Waals surface area contributed by atoms with E-state index in [4.69, 9.17) is 23.2 Å². The fourth-order valence-corrected chi connectivity index (χ4v) is 7.26. The van der Waals surface area contributed by atoms with Gasteiger partial charge in [0.1, 0.15) is 5.78 Å². The van der Waals surface area contributed by atoms with Crippen molar-refractivity contribution in [3.8, 4) is 0 Å². The molecule has 1 unspecified atom stereocenters. The van der Waals surface area contributed by atoms with Gasteiger partial charge < -0.3 is 15.3 Å². The van der Waals surface area contributed by atoms with Gasteiger partial charge in [-0.3, -0.25) is 9.59 Å². The number of Topliss-reactive ketones (excluding diaryl/α,β-unsaturated/α-hetero) is 1. The van der Waals surface area contributed by atoms with E-state index in [0.717, 1.165) is 82.3 Å². The number of hydrogen-bond acceptors (Lipinski definition) is 3. The monoisotopic (exact) mass is 644 g/mol. The minimum atomic E-state index is -0.263. The summed E-state index contributed by atoms with van der Waals surface area (Å²) in [5, 5.41) is 1.11. The second-order valence-corrected chi connectivity index (χ2v) is 12.9. The summed E-state index contributed by atoms with van der Waals surface area (Å²) >= 11 is 12.8. The molecule has 232 valence electrons. The number of halogens is 3. The molecule has 0 bridgehead atoms. The lowest BCUT2D eigenvalue weighted by Crippen LogP contribution is -2.49. The molecule has 1 atom stereocenters. The molecule has 1 amide bonds. The number of nitrogens with zero attached hydrogens (tertiary/aromatic N) is 2. The molecular weight excluding hydrogens is 603 g/mol. The smallest absolute Gasteiger partial charge is 0.253 e. The highest BCUT2D eigenvalue weighted by Gasteiger charge is 2.41. The Morgan fingerprint density at radius 3 is 2.12 bits per heavy atom. The number of carbonyl (C=O) groups excluding carboxylic acids is 2. The average Bonchev–Trinajstić information content (AvgIpc) is 3.00. The van der Waals surface area contributed by atoms with Gasteiger partial charge in [0.2, 0.25) is 0 Å². The predicted molar refractivity (Wildman–Crippen MR) is 179 cm³/mol. The first-order valence-electron chi connectivity index (χ1n) is 14.9. The zero-order valence-electron chi connectivity index (χ0n) is 24.9. The van der Waals surface area contributed by atoms with Crippen LogP contribution in [0.1, 0.15) is 66.9 Å². The van der Waals surface area contributed by atoms with Gasteiger partial charge in [0.25, 0.3) is 5.91 Å². The number of benzene rings is 3. The number of piperidine rings is 2. The number of hydrogen-bond donors (Lipinski definition) is 0. The lowest BCUT2D eigenvalue weighted by Gasteiger charge is -2.44. The van der Waals surface area contributed by atoms with Crippen LogP contribution in [0.4, 0.5) is 0 Å². The van der Waals surface area contributed by atoms with Crippen LogP contribution in [-0.4, -0.2) is 59.7 Å². The second-order valence-electron chi connectivity index (χ2n) is 12.0. The lowest BCUT2D eigenvalue weighted by molar-refractivity contribution is -0.129. The van der Waals surface area contributed by atoms with E-state index in [0.29, 0.717) is 22.4 Å². The van der Waals surface area contributed by atoms with Crippen molar-refractivity contribution in [1.82, 2.24) is 9.80 Å². The summed E-state index contributed by atoms with van der Waals surface area (Å²) in [5.74, 6) is 0.398. The van der Waals surface area contributed by atoms with E-state index in [2.05, 4.69) is 35.2 Å². The molecular formula is C35H43Cl3N2O3. The molecule has 8 heteroatoms. The van der Waals surface area contributed by atoms with E-state index in [1.165, 1.54) is 5.56 Å². The summed E-state index contributed by atoms with van der Waals surface area (Å²) in [6.45, 7) is 6.05. The van der Waals surface area contributed by atoms with Crippen LogP contribution in [0.15, 0.2) is 78.9 Å². The zero-order valence-corrected chi connectivity index (χ0v) is 27.2. The molecule has 5 rings (SSSR count). The van der Waals surface area contributed by atoms with Crippen molar-refractivity contribution < 1.29 is 15.1 Å². The molecule has 0 aliphatic carbocycles. The van der Waals surface area contributed by atoms with Gasteiger partial charge in [-0.25, -0.2) is 0 Å². The van der Waals surface area contributed by atoms with Crippen LogP contribution in [0, 0.1) is 5.41 Å². The van der Waals surface area contributed by atoms with Gasteiger partial charge in [-0.1, -0.05) is 77.8 Å². The maximum absolute atomic E-state index is 13.5. The van der Waals surface area contributed by atoms with Gasteiger partial charge in [0.15, 0.2) is 0 Å². The first kappa shape index (κ1) is 35.1. The van der Waals surface area contributed by atoms with E-state index < -0.39 is 0 Å². The first-order chi connectivity index (χ1) is 19.8. The van der Waals surface area contributed by atoms with E-state index >= 15 is 0 Å². The molecule has 3 aromatic rings. The number of carbonyl (C=O) groups is 2. The Labute approximate surface area is 272 Å². The Morgan fingerprint density at radius 1 is 0.837 bits per heavy atom. The van der Waals surface area contributed by atoms with E-state index in [1.54, 1.807) is 6.92 Å². The summed E-state index contributed by atoms with van der Waals surface area (Å²) in [4.78, 5) is 30.8. The van der Waals surface area contributed by atoms with E-state index in [9.17, 15) is 9.59 Å². The van der Waals surface area contributed by atoms with Crippen LogP contribution in [0.2, 0.25) is 10.0 Å². The third kappa shape index (κ3) is 8.20. The number of rotatable bonds is 9. The molecule has 0 saturated carbocycles. The summed E-state index contributed by atoms with van der Waals surface area (Å²) in [7, 11) is 0. The number of likely N-dealkylation sites (tertiary alicyclic amines) is 2. The molecule has 0 spiro atoms. The van der Waals surface area contributed by atoms with Crippen molar-refractivity contribution in [2.75, 3.05) is 32.7 Å². The maximum atomic E-state index is 13.5. The normalized spacial score (nSPS) is 20.0. The first-order valence-corrected chi connectivity index (χ1v) is 15.6. The highest BCUT2D eigenvalue weighted by Crippen LogP contribution is 2.41. The zero-order chi connectivity index (χ0) is 28.9. The van der Waals surface area contributed by atoms with Crippen molar-refractivity contribution in [2.45, 2.75) is 57.3 Å². The molecule has 2 N–H and O–H groups in total. The van der Waals surface area contributed by atoms with Gasteiger partial charge in [-0.05, 0) is 107 Å². The molecule has 43 heavy (non-hydrogen) atoms. The predicted octanol–water partition coefficient (Wildman–Crippen LogP) is 7.46. The molecule has 0 radical (unpaired) electrons. The lowest BCUT2D eigenvalue weighted by atomic mass is 9.70. The number of amides is 1. The SMILES string of the molecule is CC(=O)C1(Cc2ccccc2)CCN(CCCC2(c3ccc(Cl)c(Cl)c3)CCCN(C(=O)c3ccccc3)C2)CC1.Cl.O. The Morgan fingerprint density at radius 2 is 1.49 bits per heavy atom. The van der Waals surface area contributed by atoms with Crippen molar-refractivity contribution in [2.24, 2.45) is 5.41 Å². The molecule has 2 saturated heterocycles. The average molecular weight is 646 g/mol. The van der Waals surface area contributed by atoms with Crippen molar-refractivity contribution in [1.29, 1.82) is 0 Å². The van der Waals surface area contributed by atoms with Gasteiger partial charge in [0, 0.05) is 29.5 Å². The molecule has 2 aliphatic rings. The molecule has 3 aromatic carbocycles. The minimum absolute atomic E-state index is 0. The standard InChI is InChI=1S/C35H40Cl2N2O2.ClH.H2O/c1-27(40)34(25-28-10-4-2-5-11-28)18-22-38(23-19-34)20-8-16-35(30-14-15-31(36)32(37)24-30)17-9-21-39(26-35)33(41)29-12-6-3-7-13-29;;/h2-7,10-15,24H,8-9,16-23,25-26H2,1H3;1H;1H2. The van der Waals surface area contributed by atoms with Crippen LogP contribution in [-0.2, 0) is 16.6 Å². The van der Waals surface area contributed by atoms with Gasteiger partial charge >= 0.3 is 0 Å². The Kier molecular flexibility index (Phi) is 12.7. The highest BCUT2D eigenvalue weighted by molar-refractivity contribution is 6.42. The Hall–Kier alpha value is -2.41. The van der Waals surface area contributed by atoms with Crippen molar-refractivity contribution in [3.05, 3.63) is 106 Å². The van der Waals surface area contributed by atoms with Gasteiger partial charge in [0.05, 0.1) is 10.0 Å². The molecule has 0 aromatic heterocycles. The molecule has 2 aliphatic heterocycles. The van der Waals surface area contributed by atoms with Gasteiger partial charge in [-0.15, -0.1) is 12.4 Å². The molecule has 2 fully saturated rings. The van der Waals surface area contributed by atoms with Gasteiger partial charge in [-0.2, -0.15) is 0 Å². The Bertz CT molecular complexity index is 1350. The Balaban J connectivity index is 0.00000253. The van der Waals surface area contributed by atoms with Crippen LogP contribution < -0.4 is 0 Å². The maximum Gasteiger partial charge on any atom is 0.253 e. The summed E-state index contributed by atoms with van der Waals surface area (Å²) in [5.41, 5.74) is 2.70. The van der Waals surface area contributed by atoms with Crippen LogP contribution in [0.25, 0.3) is 0 Å². The fourth-order valence-electron chi connectivity index (χ4n) is 6.96. The largest absolute Gasteiger partial charge is 0.412 e. The van der Waals surface area contributed by atoms with E-state index in [-0.39, 0.29) is 34.6 Å². The minimum Gasteiger partial charge on any atom is -0.412 e. The van der Waals surface area contributed by atoms with Crippen LogP contribution in [0.5, 0.6) is 0 Å². The topological polar surface area (TPSA) is 72.1 Å². The van der Waals surface area contributed by atoms with Crippen LogP contribution in [0.3, 0.4) is 0 Å². The molecule has 2 heterocycles. The fraction of sp³-hybridized carbons (Fsp3) is 0.429. The quantitative estimate of drug-likeness (QED) is 0.243. The number of ketones is 1. The third-order valence-electron chi connectivity index (χ3n) is 9.49.